The molecule has 4 bridgehead atoms. The quantitative estimate of drug-likeness (QED) is 0.148. The van der Waals surface area contributed by atoms with Gasteiger partial charge in [-0.2, -0.15) is 0 Å². The molecule has 0 spiro atoms. The first kappa shape index (κ1) is 41.4. The minimum absolute atomic E-state index is 0.149. The molecule has 3 aromatic carbocycles. The molecule has 0 aliphatic heterocycles. The smallest absolute Gasteiger partial charge is 0.321 e. The van der Waals surface area contributed by atoms with Gasteiger partial charge in [-0.25, -0.2) is 9.18 Å². The van der Waals surface area contributed by atoms with Crippen molar-refractivity contribution >= 4 is 29.1 Å². The molecule has 9 rings (SSSR count). The fourth-order valence-electron chi connectivity index (χ4n) is 11.1. The van der Waals surface area contributed by atoms with Gasteiger partial charge in [-0.1, -0.05) is 62.2 Å². The van der Waals surface area contributed by atoms with Gasteiger partial charge in [-0.3, -0.25) is 4.79 Å². The number of fused-ring (bicyclic) bond motifs is 10. The zero-order valence-electron chi connectivity index (χ0n) is 34.3. The third-order valence-electron chi connectivity index (χ3n) is 14.9. The van der Waals surface area contributed by atoms with Gasteiger partial charge in [0.15, 0.2) is 5.78 Å². The van der Waals surface area contributed by atoms with Gasteiger partial charge >= 0.3 is 6.03 Å². The second-order valence-electron chi connectivity index (χ2n) is 18.5. The van der Waals surface area contributed by atoms with E-state index in [4.69, 9.17) is 16.3 Å². The number of rotatable bonds is 9. The number of aliphatic hydroxyl groups is 2. The van der Waals surface area contributed by atoms with Gasteiger partial charge in [0.1, 0.15) is 11.6 Å². The van der Waals surface area contributed by atoms with E-state index < -0.39 is 22.9 Å². The molecule has 3 aromatic rings. The Labute approximate surface area is 343 Å². The highest BCUT2D eigenvalue weighted by Crippen LogP contribution is 2.62. The van der Waals surface area contributed by atoms with Gasteiger partial charge in [0, 0.05) is 40.2 Å². The zero-order chi connectivity index (χ0) is 40.7. The van der Waals surface area contributed by atoms with Crippen LogP contribution in [0.1, 0.15) is 118 Å². The Morgan fingerprint density at radius 1 is 1.02 bits per heavy atom. The van der Waals surface area contributed by atoms with Crippen molar-refractivity contribution in [1.29, 1.82) is 0 Å². The van der Waals surface area contributed by atoms with Crippen molar-refractivity contribution in [1.82, 2.24) is 4.90 Å². The number of carbonyl (C=O) groups is 2. The van der Waals surface area contributed by atoms with Gasteiger partial charge in [0.2, 0.25) is 0 Å². The van der Waals surface area contributed by atoms with Crippen LogP contribution in [0.3, 0.4) is 0 Å². The predicted octanol–water partition coefficient (Wildman–Crippen LogP) is 10.6. The second kappa shape index (κ2) is 16.5. The molecule has 306 valence electrons. The number of aliphatic hydroxyl groups excluding tert-OH is 1. The zero-order valence-corrected chi connectivity index (χ0v) is 35.0. The molecule has 7 nitrogen and oxygen atoms in total. The third kappa shape index (κ3) is 8.29. The number of hydrogen-bond donors (Lipinski definition) is 3. The molecule has 7 unspecified atom stereocenters. The van der Waals surface area contributed by atoms with Crippen molar-refractivity contribution in [3.8, 4) is 5.75 Å². The maximum Gasteiger partial charge on any atom is 0.321 e. The molecule has 0 heterocycles. The van der Waals surface area contributed by atoms with E-state index in [0.29, 0.717) is 73.9 Å². The van der Waals surface area contributed by atoms with Gasteiger partial charge in [-0.05, 0) is 154 Å². The molecule has 6 aliphatic rings. The number of urea groups is 1. The SMILES string of the molecule is COc1ccc(NC(=O)N(CC2CCC3CC2C3(C)C)CC2(O)CCC3c4ccc(cc4C(=O)Cc4c(F)cccc4Cl)CC(O)CCC(C)=CCCC32C)cc1. The van der Waals surface area contributed by atoms with E-state index in [1.807, 2.05) is 47.4 Å². The molecule has 4 fully saturated rings. The monoisotopic (exact) mass is 798 g/mol. The molecule has 2 amide bonds. The van der Waals surface area contributed by atoms with Crippen LogP contribution in [0.15, 0.2) is 72.3 Å². The average molecular weight is 799 g/mol. The van der Waals surface area contributed by atoms with Crippen molar-refractivity contribution in [2.24, 2.45) is 28.6 Å². The largest absolute Gasteiger partial charge is 0.497 e. The molecule has 7 atom stereocenters. The van der Waals surface area contributed by atoms with E-state index >= 15 is 4.39 Å². The Balaban J connectivity index is 1.26. The van der Waals surface area contributed by atoms with Gasteiger partial charge < -0.3 is 25.2 Å². The molecule has 0 aromatic heterocycles. The summed E-state index contributed by atoms with van der Waals surface area (Å²) in [6.07, 6.45) is 8.90. The first-order chi connectivity index (χ1) is 27.1. The van der Waals surface area contributed by atoms with Crippen LogP contribution in [0.25, 0.3) is 0 Å². The Bertz CT molecular complexity index is 1980. The van der Waals surface area contributed by atoms with Crippen LogP contribution in [0, 0.1) is 34.4 Å². The Hall–Kier alpha value is -3.72. The lowest BCUT2D eigenvalue weighted by Crippen LogP contribution is -2.58. The van der Waals surface area contributed by atoms with Crippen LogP contribution in [0.4, 0.5) is 14.9 Å². The molecule has 3 N–H and O–H groups in total. The Morgan fingerprint density at radius 3 is 2.49 bits per heavy atom. The highest BCUT2D eigenvalue weighted by molar-refractivity contribution is 6.31. The normalized spacial score (nSPS) is 29.4. The summed E-state index contributed by atoms with van der Waals surface area (Å²) in [6.45, 7) is 9.67. The molecular formula is C48H60ClFN2O5. The number of hydrogen-bond acceptors (Lipinski definition) is 5. The number of ketones is 1. The summed E-state index contributed by atoms with van der Waals surface area (Å²) in [5.74, 6) is 1.25. The fraction of sp³-hybridized carbons (Fsp3) is 0.542. The van der Waals surface area contributed by atoms with Gasteiger partial charge in [-0.15, -0.1) is 0 Å². The predicted molar refractivity (Wildman–Crippen MR) is 225 cm³/mol. The van der Waals surface area contributed by atoms with Crippen molar-refractivity contribution in [2.45, 2.75) is 116 Å². The summed E-state index contributed by atoms with van der Waals surface area (Å²) in [4.78, 5) is 30.8. The van der Waals surface area contributed by atoms with Crippen LogP contribution >= 0.6 is 11.6 Å². The molecule has 9 heteroatoms. The van der Waals surface area contributed by atoms with E-state index in [2.05, 4.69) is 39.1 Å². The average Bonchev–Trinajstić information content (AvgIpc) is 3.43. The van der Waals surface area contributed by atoms with Gasteiger partial charge in [0.25, 0.3) is 0 Å². The topological polar surface area (TPSA) is 99.1 Å². The van der Waals surface area contributed by atoms with Crippen LogP contribution in [-0.2, 0) is 12.8 Å². The lowest BCUT2D eigenvalue weighted by Gasteiger charge is -2.60. The molecule has 4 saturated carbocycles. The number of amides is 2. The summed E-state index contributed by atoms with van der Waals surface area (Å²) >= 11 is 6.43. The number of nitrogens with one attached hydrogen (secondary N) is 1. The summed E-state index contributed by atoms with van der Waals surface area (Å²) < 4.78 is 20.4. The lowest BCUT2D eigenvalue weighted by molar-refractivity contribution is -0.117. The van der Waals surface area contributed by atoms with Crippen molar-refractivity contribution in [3.05, 3.63) is 105 Å². The first-order valence-corrected chi connectivity index (χ1v) is 21.3. The minimum Gasteiger partial charge on any atom is -0.497 e. The number of carbonyl (C=O) groups excluding carboxylic acids is 2. The lowest BCUT2D eigenvalue weighted by atomic mass is 9.45. The minimum atomic E-state index is -1.29. The molecule has 57 heavy (non-hydrogen) atoms. The number of methoxy groups -OCH3 is 1. The van der Waals surface area contributed by atoms with E-state index in [1.165, 1.54) is 24.1 Å². The number of Topliss-reactive ketones (excluding diaryl/α,β-unsaturated/α-hetero) is 1. The fourth-order valence-corrected chi connectivity index (χ4v) is 11.3. The van der Waals surface area contributed by atoms with Crippen molar-refractivity contribution < 1.29 is 28.9 Å². The number of benzene rings is 3. The Morgan fingerprint density at radius 2 is 1.79 bits per heavy atom. The Kier molecular flexibility index (Phi) is 12.0. The molecular weight excluding hydrogens is 739 g/mol. The molecule has 0 saturated heterocycles. The third-order valence-corrected chi connectivity index (χ3v) is 15.3. The maximum atomic E-state index is 15.1. The number of ether oxygens (including phenoxy) is 1. The van der Waals surface area contributed by atoms with Crippen molar-refractivity contribution in [3.63, 3.8) is 0 Å². The van der Waals surface area contributed by atoms with Crippen LogP contribution in [0.5, 0.6) is 5.75 Å². The van der Waals surface area contributed by atoms with Crippen LogP contribution < -0.4 is 10.1 Å². The molecule has 0 radical (unpaired) electrons. The van der Waals surface area contributed by atoms with Crippen LogP contribution in [-0.4, -0.2) is 58.8 Å². The van der Waals surface area contributed by atoms with Gasteiger partial charge in [0.05, 0.1) is 25.4 Å². The highest BCUT2D eigenvalue weighted by Gasteiger charge is 2.59. The number of nitrogens with zero attached hydrogens (tertiary/aromatic N) is 1. The first-order valence-electron chi connectivity index (χ1n) is 21.0. The van der Waals surface area contributed by atoms with Crippen LogP contribution in [0.2, 0.25) is 5.02 Å². The van der Waals surface area contributed by atoms with E-state index in [0.717, 1.165) is 36.3 Å². The summed E-state index contributed by atoms with van der Waals surface area (Å²) in [7, 11) is 1.61. The second-order valence-corrected chi connectivity index (χ2v) is 18.9. The summed E-state index contributed by atoms with van der Waals surface area (Å²) in [6, 6.07) is 17.4. The standard InChI is InChI=1S/C48H60ClFN2O5/c1-30-8-7-22-47(4)40(37-20-12-31(24-35(53)17-11-30)25-38(37)44(54)27-39-42(49)9-6-10-43(39)50)21-23-48(47,56)29-52(28-32-13-14-33-26-41(32)46(33,2)3)45(55)51-34-15-18-36(57-5)19-16-34/h6,8-10,12,15-16,18-20,25,32-33,35,40-41,53,56H,7,11,13-14,17,21-24,26-29H2,1-5H3,(H,51,55). The van der Waals surface area contributed by atoms with E-state index in [-0.39, 0.29) is 46.7 Å². The number of halogens is 2. The highest BCUT2D eigenvalue weighted by atomic mass is 35.5. The van der Waals surface area contributed by atoms with E-state index in [1.54, 1.807) is 13.2 Å². The number of anilines is 1. The van der Waals surface area contributed by atoms with E-state index in [9.17, 15) is 19.8 Å². The van der Waals surface area contributed by atoms with Crippen molar-refractivity contribution in [2.75, 3.05) is 25.5 Å². The number of allylic oxidation sites excluding steroid dienone is 2. The summed E-state index contributed by atoms with van der Waals surface area (Å²) in [5, 5.41) is 27.6. The maximum absolute atomic E-state index is 15.1. The molecule has 6 aliphatic carbocycles. The summed E-state index contributed by atoms with van der Waals surface area (Å²) in [5.41, 5.74) is 2.32.